The molecule has 0 aliphatic carbocycles. The molecule has 1 unspecified atom stereocenters. The second-order valence-corrected chi connectivity index (χ2v) is 20.2. The van der Waals surface area contributed by atoms with E-state index in [1.165, 1.54) is 22.0 Å². The zero-order chi connectivity index (χ0) is 39.8. The van der Waals surface area contributed by atoms with Crippen LogP contribution >= 0.6 is 6.83 Å². The summed E-state index contributed by atoms with van der Waals surface area (Å²) < 4.78 is 7.94. The van der Waals surface area contributed by atoms with Gasteiger partial charge < -0.3 is 0 Å². The summed E-state index contributed by atoms with van der Waals surface area (Å²) in [6.07, 6.45) is 2.21. The van der Waals surface area contributed by atoms with Gasteiger partial charge in [-0.2, -0.15) is 0 Å². The Morgan fingerprint density at radius 3 is 0.914 bits per heavy atom. The Morgan fingerprint density at radius 2 is 0.603 bits per heavy atom. The number of aromatic hydroxyl groups is 3. The maximum absolute atomic E-state index is 10.4. The molecule has 4 nitrogen and oxygen atoms in total. The maximum atomic E-state index is 10.4. The summed E-state index contributed by atoms with van der Waals surface area (Å²) >= 11 is 0. The molecule has 0 fully saturated rings. The Balaban J connectivity index is 1.31. The van der Waals surface area contributed by atoms with Gasteiger partial charge in [0.15, 0.2) is 0 Å². The van der Waals surface area contributed by atoms with E-state index in [9.17, 15) is 15.3 Å². The molecule has 8 aromatic rings. The van der Waals surface area contributed by atoms with Crippen molar-refractivity contribution in [1.82, 2.24) is 0 Å². The number of phenolic OH excluding ortho intramolecular Hbond substituents is 3. The molecule has 0 aliphatic heterocycles. The van der Waals surface area contributed by atoms with E-state index < -0.39 is 6.83 Å². The molecule has 5 heteroatoms. The van der Waals surface area contributed by atoms with Crippen LogP contribution in [0.25, 0.3) is 0 Å². The van der Waals surface area contributed by atoms with Crippen molar-refractivity contribution in [2.45, 2.75) is 30.3 Å². The molecule has 58 heavy (non-hydrogen) atoms. The van der Waals surface area contributed by atoms with Gasteiger partial charge in [-0.25, -0.2) is 0 Å². The summed E-state index contributed by atoms with van der Waals surface area (Å²) in [5.41, 5.74) is 7.76. The SMILES string of the molecule is Oc1ccc(C(c2ccc(O)cc2)C(c2ccc(O)cc2)c2ccc(OP(Cc3ccccc3)(Cc3ccccc3)(Cc3ccccc3)c3ccccc3)cc2)cc1. The van der Waals surface area contributed by atoms with E-state index in [1.54, 1.807) is 36.4 Å². The third-order valence-corrected chi connectivity index (χ3v) is 16.9. The Bertz CT molecular complexity index is 2360. The molecule has 288 valence electrons. The molecular weight excluding hydrogens is 732 g/mol. The third kappa shape index (κ3) is 8.39. The minimum atomic E-state index is -3.55. The summed E-state index contributed by atoms with van der Waals surface area (Å²) in [5.74, 6) is 0.971. The van der Waals surface area contributed by atoms with Gasteiger partial charge in [0.1, 0.15) is 0 Å². The second kappa shape index (κ2) is 16.9. The van der Waals surface area contributed by atoms with Gasteiger partial charge in [0.05, 0.1) is 0 Å². The van der Waals surface area contributed by atoms with Gasteiger partial charge in [0.2, 0.25) is 0 Å². The number of hydrogen-bond donors (Lipinski definition) is 3. The summed E-state index contributed by atoms with van der Waals surface area (Å²) in [5, 5.41) is 32.1. The molecule has 0 radical (unpaired) electrons. The molecule has 0 saturated carbocycles. The van der Waals surface area contributed by atoms with Gasteiger partial charge in [-0.3, -0.25) is 0 Å². The van der Waals surface area contributed by atoms with E-state index in [0.717, 1.165) is 46.5 Å². The van der Waals surface area contributed by atoms with E-state index in [1.807, 2.05) is 36.4 Å². The van der Waals surface area contributed by atoms with Crippen LogP contribution < -0.4 is 9.83 Å². The van der Waals surface area contributed by atoms with Crippen molar-refractivity contribution in [3.05, 3.63) is 257 Å². The molecule has 0 amide bonds. The van der Waals surface area contributed by atoms with Crippen LogP contribution in [0, 0.1) is 0 Å². The molecule has 3 N–H and O–H groups in total. The molecule has 0 saturated heterocycles. The number of rotatable bonds is 14. The first-order chi connectivity index (χ1) is 28.4. The number of benzene rings is 8. The zero-order valence-electron chi connectivity index (χ0n) is 32.3. The molecule has 8 rings (SSSR count). The van der Waals surface area contributed by atoms with Crippen molar-refractivity contribution in [3.63, 3.8) is 0 Å². The zero-order valence-corrected chi connectivity index (χ0v) is 33.2. The third-order valence-electron chi connectivity index (χ3n) is 11.3. The topological polar surface area (TPSA) is 69.9 Å². The van der Waals surface area contributed by atoms with Crippen LogP contribution in [0.15, 0.2) is 218 Å². The Labute approximate surface area is 341 Å². The first-order valence-corrected chi connectivity index (χ1v) is 22.4. The van der Waals surface area contributed by atoms with Crippen LogP contribution in [-0.4, -0.2) is 15.3 Å². The van der Waals surface area contributed by atoms with Crippen LogP contribution in [0.3, 0.4) is 0 Å². The van der Waals surface area contributed by atoms with Gasteiger partial charge in [0.25, 0.3) is 0 Å². The monoisotopic (exact) mass is 778 g/mol. The quantitative estimate of drug-likeness (QED) is 0.0962. The molecule has 1 atom stereocenters. The van der Waals surface area contributed by atoms with Gasteiger partial charge in [0, 0.05) is 0 Å². The first kappa shape index (κ1) is 38.3. The molecule has 0 spiro atoms. The van der Waals surface area contributed by atoms with E-state index in [2.05, 4.69) is 146 Å². The summed E-state index contributed by atoms with van der Waals surface area (Å²) in [6, 6.07) is 73.8. The average Bonchev–Trinajstić information content (AvgIpc) is 3.26. The standard InChI is InChI=1S/C53H47O4P/c54-47-29-21-43(22-30-47)52(44-23-31-48(55)32-24-44)53(45-25-33-49(56)34-26-45)46-27-35-50(36-28-46)57-58(51-19-11-4-12-20-51,37-40-13-5-1-6-14-40,38-41-15-7-2-8-16-41)39-42-17-9-3-10-18-42/h1-36,52-56H,37-39H2. The van der Waals surface area contributed by atoms with Crippen molar-refractivity contribution < 1.29 is 19.8 Å². The fraction of sp³-hybridized carbons (Fsp3) is 0.0943. The molecule has 0 aliphatic rings. The van der Waals surface area contributed by atoms with E-state index in [-0.39, 0.29) is 29.1 Å². The minimum absolute atomic E-state index is 0.192. The molecular formula is C53H47O4P. The molecule has 0 bridgehead atoms. The van der Waals surface area contributed by atoms with E-state index in [4.69, 9.17) is 4.52 Å². The summed E-state index contributed by atoms with van der Waals surface area (Å²) in [4.78, 5) is 0. The average molecular weight is 779 g/mol. The van der Waals surface area contributed by atoms with Gasteiger partial charge in [-0.1, -0.05) is 0 Å². The van der Waals surface area contributed by atoms with E-state index >= 15 is 0 Å². The van der Waals surface area contributed by atoms with Crippen molar-refractivity contribution in [2.24, 2.45) is 0 Å². The molecule has 0 heterocycles. The predicted octanol–water partition coefficient (Wildman–Crippen LogP) is 12.5. The van der Waals surface area contributed by atoms with Crippen molar-refractivity contribution in [2.75, 3.05) is 0 Å². The van der Waals surface area contributed by atoms with Crippen molar-refractivity contribution in [3.8, 4) is 23.0 Å². The van der Waals surface area contributed by atoms with Crippen molar-refractivity contribution >= 4 is 12.1 Å². The second-order valence-electron chi connectivity index (χ2n) is 15.3. The number of phenols is 3. The molecule has 0 aromatic heterocycles. The van der Waals surface area contributed by atoms with Crippen LogP contribution in [0.2, 0.25) is 0 Å². The Hall–Kier alpha value is -6.61. The van der Waals surface area contributed by atoms with Gasteiger partial charge in [-0.05, 0) is 0 Å². The predicted molar refractivity (Wildman–Crippen MR) is 239 cm³/mol. The number of hydrogen-bond acceptors (Lipinski definition) is 4. The van der Waals surface area contributed by atoms with Crippen LogP contribution in [0.4, 0.5) is 0 Å². The Kier molecular flexibility index (Phi) is 11.1. The normalized spacial score (nSPS) is 12.7. The van der Waals surface area contributed by atoms with Crippen LogP contribution in [0.1, 0.15) is 50.8 Å². The van der Waals surface area contributed by atoms with Crippen molar-refractivity contribution in [1.29, 1.82) is 0 Å². The summed E-state index contributed by atoms with van der Waals surface area (Å²) in [7, 11) is 0. The van der Waals surface area contributed by atoms with Gasteiger partial charge in [-0.15, -0.1) is 0 Å². The molecule has 8 aromatic carbocycles. The van der Waals surface area contributed by atoms with E-state index in [0.29, 0.717) is 0 Å². The fourth-order valence-electron chi connectivity index (χ4n) is 8.63. The first-order valence-electron chi connectivity index (χ1n) is 19.7. The summed E-state index contributed by atoms with van der Waals surface area (Å²) in [6.45, 7) is -3.55. The Morgan fingerprint density at radius 1 is 0.328 bits per heavy atom. The van der Waals surface area contributed by atoms with Gasteiger partial charge >= 0.3 is 343 Å². The fourth-order valence-corrected chi connectivity index (χ4v) is 14.6. The van der Waals surface area contributed by atoms with Crippen LogP contribution in [0.5, 0.6) is 23.0 Å². The van der Waals surface area contributed by atoms with Crippen LogP contribution in [-0.2, 0) is 18.5 Å².